The molecule has 1 aromatic heterocycles. The summed E-state index contributed by atoms with van der Waals surface area (Å²) in [4.78, 5) is 27.7. The SMILES string of the molecule is CC1(C)C(C(=O)O)C1C(=O)NC1CCCC1n1ccnc1. The van der Waals surface area contributed by atoms with Crippen LogP contribution in [0.25, 0.3) is 0 Å². The fourth-order valence-corrected chi connectivity index (χ4v) is 3.79. The standard InChI is InChI=1S/C15H21N3O3/c1-15(2)11(12(15)14(20)21)13(19)17-9-4-3-5-10(9)18-7-6-16-8-18/h6-12H,3-5H2,1-2H3,(H,17,19)(H,20,21). The predicted octanol–water partition coefficient (Wildman–Crippen LogP) is 1.45. The maximum atomic E-state index is 12.4. The Kier molecular flexibility index (Phi) is 3.26. The van der Waals surface area contributed by atoms with Crippen molar-refractivity contribution in [2.45, 2.75) is 45.2 Å². The van der Waals surface area contributed by atoms with Crippen molar-refractivity contribution in [3.8, 4) is 0 Å². The van der Waals surface area contributed by atoms with Crippen LogP contribution in [0.3, 0.4) is 0 Å². The van der Waals surface area contributed by atoms with Crippen LogP contribution in [0.1, 0.15) is 39.2 Å². The molecule has 0 saturated heterocycles. The zero-order chi connectivity index (χ0) is 15.2. The van der Waals surface area contributed by atoms with E-state index in [1.165, 1.54) is 0 Å². The van der Waals surface area contributed by atoms with E-state index in [2.05, 4.69) is 10.3 Å². The van der Waals surface area contributed by atoms with Gasteiger partial charge in [0.05, 0.1) is 24.2 Å². The molecule has 2 aliphatic rings. The molecular formula is C15H21N3O3. The van der Waals surface area contributed by atoms with E-state index in [0.717, 1.165) is 19.3 Å². The van der Waals surface area contributed by atoms with E-state index in [9.17, 15) is 14.7 Å². The third kappa shape index (κ3) is 2.32. The summed E-state index contributed by atoms with van der Waals surface area (Å²) in [6, 6.07) is 0.291. The first kappa shape index (κ1) is 14.1. The van der Waals surface area contributed by atoms with Gasteiger partial charge >= 0.3 is 5.97 Å². The summed E-state index contributed by atoms with van der Waals surface area (Å²) in [6.07, 6.45) is 8.43. The van der Waals surface area contributed by atoms with Crippen LogP contribution in [0.15, 0.2) is 18.7 Å². The monoisotopic (exact) mass is 291 g/mol. The van der Waals surface area contributed by atoms with E-state index >= 15 is 0 Å². The molecule has 0 aromatic carbocycles. The predicted molar refractivity (Wildman–Crippen MR) is 75.4 cm³/mol. The van der Waals surface area contributed by atoms with Gasteiger partial charge in [0.15, 0.2) is 0 Å². The van der Waals surface area contributed by atoms with Crippen molar-refractivity contribution in [1.82, 2.24) is 14.9 Å². The zero-order valence-corrected chi connectivity index (χ0v) is 12.3. The molecule has 0 radical (unpaired) electrons. The van der Waals surface area contributed by atoms with Crippen molar-refractivity contribution in [3.05, 3.63) is 18.7 Å². The number of nitrogens with zero attached hydrogens (tertiary/aromatic N) is 2. The molecule has 2 N–H and O–H groups in total. The molecule has 2 saturated carbocycles. The summed E-state index contributed by atoms with van der Waals surface area (Å²) < 4.78 is 2.03. The third-order valence-corrected chi connectivity index (χ3v) is 5.09. The number of aromatic nitrogens is 2. The molecular weight excluding hydrogens is 270 g/mol. The minimum Gasteiger partial charge on any atom is -0.481 e. The lowest BCUT2D eigenvalue weighted by molar-refractivity contribution is -0.140. The van der Waals surface area contributed by atoms with E-state index in [0.29, 0.717) is 0 Å². The Morgan fingerprint density at radius 3 is 2.67 bits per heavy atom. The summed E-state index contributed by atoms with van der Waals surface area (Å²) in [5.74, 6) is -1.98. The number of imidazole rings is 1. The molecule has 4 unspecified atom stereocenters. The van der Waals surface area contributed by atoms with Gasteiger partial charge in [0.25, 0.3) is 0 Å². The van der Waals surface area contributed by atoms with Gasteiger partial charge in [-0.2, -0.15) is 0 Å². The van der Waals surface area contributed by atoms with Crippen molar-refractivity contribution >= 4 is 11.9 Å². The molecule has 2 fully saturated rings. The number of rotatable bonds is 4. The van der Waals surface area contributed by atoms with Gasteiger partial charge < -0.3 is 15.0 Å². The van der Waals surface area contributed by atoms with Crippen molar-refractivity contribution in [1.29, 1.82) is 0 Å². The molecule has 0 spiro atoms. The topological polar surface area (TPSA) is 84.2 Å². The number of nitrogens with one attached hydrogen (secondary N) is 1. The molecule has 4 atom stereocenters. The second-order valence-electron chi connectivity index (χ2n) is 6.74. The van der Waals surface area contributed by atoms with Crippen molar-refractivity contribution in [3.63, 3.8) is 0 Å². The molecule has 1 heterocycles. The lowest BCUT2D eigenvalue weighted by Crippen LogP contribution is -2.39. The van der Waals surface area contributed by atoms with Crippen LogP contribution in [0.2, 0.25) is 0 Å². The van der Waals surface area contributed by atoms with E-state index in [1.54, 1.807) is 12.5 Å². The minimum absolute atomic E-state index is 0.0672. The van der Waals surface area contributed by atoms with E-state index in [4.69, 9.17) is 0 Å². The second-order valence-corrected chi connectivity index (χ2v) is 6.74. The van der Waals surface area contributed by atoms with Gasteiger partial charge in [0.1, 0.15) is 0 Å². The summed E-state index contributed by atoms with van der Waals surface area (Å²) in [5, 5.41) is 12.2. The van der Waals surface area contributed by atoms with Crippen molar-refractivity contribution in [2.24, 2.45) is 17.3 Å². The minimum atomic E-state index is -0.877. The number of carboxylic acids is 1. The van der Waals surface area contributed by atoms with Crippen molar-refractivity contribution < 1.29 is 14.7 Å². The third-order valence-electron chi connectivity index (χ3n) is 5.09. The highest BCUT2D eigenvalue weighted by atomic mass is 16.4. The Bertz CT molecular complexity index is 553. The molecule has 6 heteroatoms. The van der Waals surface area contributed by atoms with Gasteiger partial charge in [-0.05, 0) is 24.7 Å². The number of carbonyl (C=O) groups is 2. The lowest BCUT2D eigenvalue weighted by atomic mass is 10.1. The smallest absolute Gasteiger partial charge is 0.307 e. The Labute approximate surface area is 123 Å². The quantitative estimate of drug-likeness (QED) is 0.879. The molecule has 6 nitrogen and oxygen atoms in total. The Morgan fingerprint density at radius 2 is 2.10 bits per heavy atom. The normalized spacial score (nSPS) is 33.6. The number of hydrogen-bond acceptors (Lipinski definition) is 3. The van der Waals surface area contributed by atoms with Crippen LogP contribution < -0.4 is 5.32 Å². The number of carboxylic acid groups (broad SMARTS) is 1. The molecule has 1 amide bonds. The maximum Gasteiger partial charge on any atom is 0.307 e. The van der Waals surface area contributed by atoms with E-state index in [-0.39, 0.29) is 18.0 Å². The van der Waals surface area contributed by atoms with Gasteiger partial charge in [-0.25, -0.2) is 4.98 Å². The fourth-order valence-electron chi connectivity index (χ4n) is 3.79. The number of aliphatic carboxylic acids is 1. The average molecular weight is 291 g/mol. The van der Waals surface area contributed by atoms with E-state index < -0.39 is 23.2 Å². The van der Waals surface area contributed by atoms with Crippen LogP contribution in [0.5, 0.6) is 0 Å². The van der Waals surface area contributed by atoms with Gasteiger partial charge in [-0.1, -0.05) is 13.8 Å². The van der Waals surface area contributed by atoms with E-state index in [1.807, 2.05) is 24.6 Å². The molecule has 0 aliphatic heterocycles. The molecule has 0 bridgehead atoms. The maximum absolute atomic E-state index is 12.4. The van der Waals surface area contributed by atoms with Crippen LogP contribution in [0, 0.1) is 17.3 Å². The number of hydrogen-bond donors (Lipinski definition) is 2. The first-order valence-corrected chi connectivity index (χ1v) is 7.43. The summed E-state index contributed by atoms with van der Waals surface area (Å²) in [5.41, 5.74) is -0.445. The number of amides is 1. The molecule has 21 heavy (non-hydrogen) atoms. The Morgan fingerprint density at radius 1 is 1.33 bits per heavy atom. The molecule has 1 aromatic rings. The first-order valence-electron chi connectivity index (χ1n) is 7.43. The highest BCUT2D eigenvalue weighted by Gasteiger charge is 2.66. The summed E-state index contributed by atoms with van der Waals surface area (Å²) in [7, 11) is 0. The summed E-state index contributed by atoms with van der Waals surface area (Å²) >= 11 is 0. The lowest BCUT2D eigenvalue weighted by Gasteiger charge is -2.22. The van der Waals surface area contributed by atoms with Gasteiger partial charge in [0, 0.05) is 18.4 Å². The molecule has 114 valence electrons. The Hall–Kier alpha value is -1.85. The second kappa shape index (κ2) is 4.86. The highest BCUT2D eigenvalue weighted by molar-refractivity contribution is 5.91. The number of carbonyl (C=O) groups excluding carboxylic acids is 1. The van der Waals surface area contributed by atoms with Crippen LogP contribution in [0.4, 0.5) is 0 Å². The van der Waals surface area contributed by atoms with Crippen LogP contribution in [-0.4, -0.2) is 32.6 Å². The van der Waals surface area contributed by atoms with Gasteiger partial charge in [-0.15, -0.1) is 0 Å². The summed E-state index contributed by atoms with van der Waals surface area (Å²) in [6.45, 7) is 3.69. The van der Waals surface area contributed by atoms with Gasteiger partial charge in [0.2, 0.25) is 5.91 Å². The first-order chi connectivity index (χ1) is 9.93. The van der Waals surface area contributed by atoms with Crippen LogP contribution in [-0.2, 0) is 9.59 Å². The van der Waals surface area contributed by atoms with Crippen LogP contribution >= 0.6 is 0 Å². The fraction of sp³-hybridized carbons (Fsp3) is 0.667. The molecule has 3 rings (SSSR count). The molecule has 2 aliphatic carbocycles. The van der Waals surface area contributed by atoms with Gasteiger partial charge in [-0.3, -0.25) is 9.59 Å². The Balaban J connectivity index is 1.67. The highest BCUT2D eigenvalue weighted by Crippen LogP contribution is 2.58. The largest absolute Gasteiger partial charge is 0.481 e. The average Bonchev–Trinajstić information content (AvgIpc) is 2.85. The zero-order valence-electron chi connectivity index (χ0n) is 12.3. The van der Waals surface area contributed by atoms with Crippen molar-refractivity contribution in [2.75, 3.05) is 0 Å².